The van der Waals surface area contributed by atoms with E-state index in [0.717, 1.165) is 22.3 Å². The van der Waals surface area contributed by atoms with Crippen molar-refractivity contribution >= 4 is 33.2 Å². The molecule has 0 N–H and O–H groups in total. The summed E-state index contributed by atoms with van der Waals surface area (Å²) >= 11 is 3.37. The molecule has 4 heteroatoms. The first-order chi connectivity index (χ1) is 7.63. The molecule has 1 amide bonds. The van der Waals surface area contributed by atoms with Crippen molar-refractivity contribution in [3.8, 4) is 0 Å². The normalized spacial score (nSPS) is 20.2. The van der Waals surface area contributed by atoms with Crippen molar-refractivity contribution in [2.75, 3.05) is 5.01 Å². The summed E-state index contributed by atoms with van der Waals surface area (Å²) in [7, 11) is 0. The fraction of sp³-hybridized carbons (Fsp3) is 0.333. The summed E-state index contributed by atoms with van der Waals surface area (Å²) in [5, 5.41) is 5.80. The molecule has 2 rings (SSSR count). The van der Waals surface area contributed by atoms with Crippen LogP contribution in [-0.4, -0.2) is 11.6 Å². The minimum Gasteiger partial charge on any atom is -0.272 e. The van der Waals surface area contributed by atoms with Crippen LogP contribution in [-0.2, 0) is 4.79 Å². The first-order valence-electron chi connectivity index (χ1n) is 5.28. The number of halogens is 1. The summed E-state index contributed by atoms with van der Waals surface area (Å²) in [6.07, 6.45) is 0.807. The second kappa shape index (κ2) is 4.37. The lowest BCUT2D eigenvalue weighted by atomic mass is 10.0. The van der Waals surface area contributed by atoms with Crippen LogP contribution in [0.5, 0.6) is 0 Å². The molecular weight excluding hydrogens is 268 g/mol. The van der Waals surface area contributed by atoms with Gasteiger partial charge in [-0.3, -0.25) is 4.79 Å². The van der Waals surface area contributed by atoms with Crippen LogP contribution in [0.25, 0.3) is 0 Å². The average Bonchev–Trinajstić information content (AvgIpc) is 2.55. The van der Waals surface area contributed by atoms with Gasteiger partial charge in [-0.1, -0.05) is 22.9 Å². The Hall–Kier alpha value is -1.16. The summed E-state index contributed by atoms with van der Waals surface area (Å²) in [6.45, 7) is 3.91. The van der Waals surface area contributed by atoms with Gasteiger partial charge in [-0.25, -0.2) is 5.01 Å². The predicted octanol–water partition coefficient (Wildman–Crippen LogP) is 3.20. The van der Waals surface area contributed by atoms with E-state index in [-0.39, 0.29) is 11.8 Å². The molecule has 1 aromatic rings. The van der Waals surface area contributed by atoms with E-state index in [1.165, 1.54) is 5.01 Å². The molecule has 16 heavy (non-hydrogen) atoms. The minimum atomic E-state index is -0.0522. The van der Waals surface area contributed by atoms with Crippen molar-refractivity contribution in [2.45, 2.75) is 20.3 Å². The summed E-state index contributed by atoms with van der Waals surface area (Å²) in [4.78, 5) is 12.0. The van der Waals surface area contributed by atoms with Crippen molar-refractivity contribution in [3.05, 3.63) is 28.7 Å². The Bertz CT molecular complexity index is 439. The van der Waals surface area contributed by atoms with E-state index >= 15 is 0 Å². The van der Waals surface area contributed by atoms with E-state index in [2.05, 4.69) is 21.0 Å². The van der Waals surface area contributed by atoms with Crippen LogP contribution in [0.15, 0.2) is 33.8 Å². The molecule has 0 aliphatic carbocycles. The standard InChI is InChI=1S/C12H13BrN2O/c1-3-11-8(2)14-15(12(11)16)10-6-4-9(13)5-7-10/h4-7,11H,3H2,1-2H3. The number of hydrazone groups is 1. The second-order valence-electron chi connectivity index (χ2n) is 3.83. The Balaban J connectivity index is 2.30. The maximum absolute atomic E-state index is 12.0. The van der Waals surface area contributed by atoms with Gasteiger partial charge in [-0.15, -0.1) is 0 Å². The van der Waals surface area contributed by atoms with Gasteiger partial charge < -0.3 is 0 Å². The monoisotopic (exact) mass is 280 g/mol. The Labute approximate surface area is 103 Å². The zero-order chi connectivity index (χ0) is 11.7. The molecule has 1 aromatic carbocycles. The van der Waals surface area contributed by atoms with E-state index in [0.29, 0.717) is 0 Å². The smallest absolute Gasteiger partial charge is 0.256 e. The number of carbonyl (C=O) groups is 1. The van der Waals surface area contributed by atoms with Crippen LogP contribution in [0, 0.1) is 5.92 Å². The molecule has 0 aromatic heterocycles. The van der Waals surface area contributed by atoms with Crippen LogP contribution in [0.4, 0.5) is 5.69 Å². The highest BCUT2D eigenvalue weighted by Crippen LogP contribution is 2.26. The second-order valence-corrected chi connectivity index (χ2v) is 4.74. The maximum Gasteiger partial charge on any atom is 0.256 e. The van der Waals surface area contributed by atoms with Gasteiger partial charge in [0.25, 0.3) is 5.91 Å². The summed E-state index contributed by atoms with van der Waals surface area (Å²) in [6, 6.07) is 7.59. The molecule has 84 valence electrons. The van der Waals surface area contributed by atoms with Crippen LogP contribution in [0.2, 0.25) is 0 Å². The summed E-state index contributed by atoms with van der Waals surface area (Å²) in [5.74, 6) is 0.0194. The molecular formula is C12H13BrN2O. The first-order valence-corrected chi connectivity index (χ1v) is 6.07. The van der Waals surface area contributed by atoms with Gasteiger partial charge in [0.15, 0.2) is 0 Å². The molecule has 0 spiro atoms. The third-order valence-corrected chi connectivity index (χ3v) is 3.28. The van der Waals surface area contributed by atoms with Gasteiger partial charge in [0.1, 0.15) is 0 Å². The highest BCUT2D eigenvalue weighted by atomic mass is 79.9. The molecule has 1 heterocycles. The number of nitrogens with zero attached hydrogens (tertiary/aromatic N) is 2. The molecule has 1 atom stereocenters. The Morgan fingerprint density at radius 1 is 1.38 bits per heavy atom. The lowest BCUT2D eigenvalue weighted by molar-refractivity contribution is -0.119. The van der Waals surface area contributed by atoms with E-state index in [1.54, 1.807) is 0 Å². The Morgan fingerprint density at radius 3 is 2.50 bits per heavy atom. The predicted molar refractivity (Wildman–Crippen MR) is 68.5 cm³/mol. The lowest BCUT2D eigenvalue weighted by Crippen LogP contribution is -2.26. The topological polar surface area (TPSA) is 32.7 Å². The maximum atomic E-state index is 12.0. The SMILES string of the molecule is CCC1C(=O)N(c2ccc(Br)cc2)N=C1C. The molecule has 0 saturated carbocycles. The number of anilines is 1. The van der Waals surface area contributed by atoms with Crippen molar-refractivity contribution in [3.63, 3.8) is 0 Å². The summed E-state index contributed by atoms with van der Waals surface area (Å²) in [5.41, 5.74) is 1.72. The van der Waals surface area contributed by atoms with Crippen molar-refractivity contribution in [1.29, 1.82) is 0 Å². The highest BCUT2D eigenvalue weighted by Gasteiger charge is 2.32. The van der Waals surface area contributed by atoms with Crippen LogP contribution in [0.1, 0.15) is 20.3 Å². The van der Waals surface area contributed by atoms with E-state index in [4.69, 9.17) is 0 Å². The summed E-state index contributed by atoms with van der Waals surface area (Å²) < 4.78 is 0.996. The lowest BCUT2D eigenvalue weighted by Gasteiger charge is -2.13. The van der Waals surface area contributed by atoms with Crippen molar-refractivity contribution in [1.82, 2.24) is 0 Å². The van der Waals surface area contributed by atoms with E-state index in [9.17, 15) is 4.79 Å². The number of amides is 1. The molecule has 1 unspecified atom stereocenters. The molecule has 0 radical (unpaired) electrons. The third kappa shape index (κ3) is 1.89. The molecule has 0 bridgehead atoms. The molecule has 1 aliphatic rings. The van der Waals surface area contributed by atoms with Crippen LogP contribution >= 0.6 is 15.9 Å². The average molecular weight is 281 g/mol. The highest BCUT2D eigenvalue weighted by molar-refractivity contribution is 9.10. The molecule has 0 fully saturated rings. The van der Waals surface area contributed by atoms with Crippen LogP contribution in [0.3, 0.4) is 0 Å². The van der Waals surface area contributed by atoms with Gasteiger partial charge in [0, 0.05) is 10.2 Å². The Morgan fingerprint density at radius 2 is 2.00 bits per heavy atom. The molecule has 1 aliphatic heterocycles. The number of hydrogen-bond donors (Lipinski definition) is 0. The first kappa shape index (κ1) is 11.3. The largest absolute Gasteiger partial charge is 0.272 e. The van der Waals surface area contributed by atoms with Gasteiger partial charge in [0.05, 0.1) is 11.6 Å². The zero-order valence-corrected chi connectivity index (χ0v) is 10.9. The van der Waals surface area contributed by atoms with E-state index < -0.39 is 0 Å². The van der Waals surface area contributed by atoms with Crippen molar-refractivity contribution in [2.24, 2.45) is 11.0 Å². The van der Waals surface area contributed by atoms with Crippen LogP contribution < -0.4 is 5.01 Å². The fourth-order valence-electron chi connectivity index (χ4n) is 1.84. The Kier molecular flexibility index (Phi) is 3.10. The van der Waals surface area contributed by atoms with Gasteiger partial charge in [-0.05, 0) is 37.6 Å². The van der Waals surface area contributed by atoms with Gasteiger partial charge in [0.2, 0.25) is 0 Å². The van der Waals surface area contributed by atoms with Gasteiger partial charge >= 0.3 is 0 Å². The quantitative estimate of drug-likeness (QED) is 0.819. The van der Waals surface area contributed by atoms with Gasteiger partial charge in [-0.2, -0.15) is 5.10 Å². The molecule has 0 saturated heterocycles. The number of benzene rings is 1. The fourth-order valence-corrected chi connectivity index (χ4v) is 2.10. The minimum absolute atomic E-state index is 0.0522. The zero-order valence-electron chi connectivity index (χ0n) is 9.27. The van der Waals surface area contributed by atoms with Crippen molar-refractivity contribution < 1.29 is 4.79 Å². The third-order valence-electron chi connectivity index (χ3n) is 2.75. The van der Waals surface area contributed by atoms with E-state index in [1.807, 2.05) is 38.1 Å². The number of hydrogen-bond acceptors (Lipinski definition) is 2. The number of rotatable bonds is 2. The number of carbonyl (C=O) groups excluding carboxylic acids is 1. The molecule has 3 nitrogen and oxygen atoms in total.